The second-order valence-electron chi connectivity index (χ2n) is 3.40. The van der Waals surface area contributed by atoms with Gasteiger partial charge >= 0.3 is 0 Å². The van der Waals surface area contributed by atoms with E-state index >= 15 is 0 Å². The van der Waals surface area contributed by atoms with E-state index in [1.165, 1.54) is 0 Å². The van der Waals surface area contributed by atoms with Gasteiger partial charge in [0.05, 0.1) is 0 Å². The minimum absolute atomic E-state index is 0.150. The highest BCUT2D eigenvalue weighted by Gasteiger charge is 2.06. The molecule has 6 heteroatoms. The Morgan fingerprint density at radius 3 is 2.67 bits per heavy atom. The summed E-state index contributed by atoms with van der Waals surface area (Å²) >= 11 is 6.68. The summed E-state index contributed by atoms with van der Waals surface area (Å²) in [5, 5.41) is 4.21. The molecular formula is C9H13Br2N3O. The topological polar surface area (TPSA) is 38.1 Å². The number of rotatable bonds is 4. The maximum atomic E-state index is 11.3. The van der Waals surface area contributed by atoms with Crippen molar-refractivity contribution in [1.82, 2.24) is 14.7 Å². The van der Waals surface area contributed by atoms with Crippen molar-refractivity contribution in [3.8, 4) is 0 Å². The molecule has 0 atom stereocenters. The van der Waals surface area contributed by atoms with E-state index in [4.69, 9.17) is 0 Å². The van der Waals surface area contributed by atoms with Crippen molar-refractivity contribution < 1.29 is 4.79 Å². The maximum Gasteiger partial charge on any atom is 0.222 e. The summed E-state index contributed by atoms with van der Waals surface area (Å²) in [6.45, 7) is 0.742. The van der Waals surface area contributed by atoms with Gasteiger partial charge in [0, 0.05) is 33.1 Å². The number of halogens is 2. The number of carbonyl (C=O) groups excluding carboxylic acids is 1. The van der Waals surface area contributed by atoms with Crippen LogP contribution in [0.5, 0.6) is 0 Å². The van der Waals surface area contributed by atoms with Crippen LogP contribution in [0.1, 0.15) is 12.8 Å². The molecule has 0 aromatic carbocycles. The highest BCUT2D eigenvalue weighted by atomic mass is 79.9. The second kappa shape index (κ2) is 5.65. The molecule has 1 heterocycles. The van der Waals surface area contributed by atoms with Crippen molar-refractivity contribution >= 4 is 37.8 Å². The van der Waals surface area contributed by atoms with Crippen LogP contribution in [0.3, 0.4) is 0 Å². The smallest absolute Gasteiger partial charge is 0.222 e. The molecule has 0 fully saturated rings. The third kappa shape index (κ3) is 3.95. The Labute approximate surface area is 106 Å². The molecule has 1 amide bonds. The van der Waals surface area contributed by atoms with E-state index in [-0.39, 0.29) is 5.91 Å². The fourth-order valence-electron chi connectivity index (χ4n) is 1.13. The Bertz CT molecular complexity index is 349. The fourth-order valence-corrected chi connectivity index (χ4v) is 2.31. The predicted octanol–water partition coefficient (Wildman–Crippen LogP) is 2.28. The van der Waals surface area contributed by atoms with Gasteiger partial charge in [-0.1, -0.05) is 0 Å². The summed E-state index contributed by atoms with van der Waals surface area (Å²) in [6, 6.07) is 1.88. The highest BCUT2D eigenvalue weighted by Crippen LogP contribution is 2.16. The Balaban J connectivity index is 2.38. The van der Waals surface area contributed by atoms with Crippen molar-refractivity contribution in [2.24, 2.45) is 0 Å². The Kier molecular flexibility index (Phi) is 4.79. The molecule has 1 rings (SSSR count). The molecule has 15 heavy (non-hydrogen) atoms. The van der Waals surface area contributed by atoms with Crippen LogP contribution in [0.25, 0.3) is 0 Å². The molecule has 0 bridgehead atoms. The summed E-state index contributed by atoms with van der Waals surface area (Å²) in [7, 11) is 3.53. The molecule has 4 nitrogen and oxygen atoms in total. The molecule has 0 radical (unpaired) electrons. The van der Waals surface area contributed by atoms with Gasteiger partial charge < -0.3 is 4.90 Å². The Morgan fingerprint density at radius 1 is 1.53 bits per heavy atom. The largest absolute Gasteiger partial charge is 0.349 e. The third-order valence-corrected chi connectivity index (χ3v) is 2.99. The summed E-state index contributed by atoms with van der Waals surface area (Å²) in [5.74, 6) is 0.150. The monoisotopic (exact) mass is 337 g/mol. The van der Waals surface area contributed by atoms with Gasteiger partial charge in [-0.25, -0.2) is 0 Å². The average molecular weight is 339 g/mol. The molecule has 0 unspecified atom stereocenters. The number of hydrogen-bond acceptors (Lipinski definition) is 2. The van der Waals surface area contributed by atoms with Crippen LogP contribution in [-0.4, -0.2) is 34.7 Å². The van der Waals surface area contributed by atoms with Crippen molar-refractivity contribution in [2.45, 2.75) is 19.4 Å². The molecule has 0 saturated heterocycles. The lowest BCUT2D eigenvalue weighted by Crippen LogP contribution is -2.21. The van der Waals surface area contributed by atoms with E-state index in [2.05, 4.69) is 37.0 Å². The van der Waals surface area contributed by atoms with Crippen molar-refractivity contribution in [2.75, 3.05) is 14.1 Å². The van der Waals surface area contributed by atoms with Crippen LogP contribution >= 0.6 is 31.9 Å². The molecular weight excluding hydrogens is 326 g/mol. The van der Waals surface area contributed by atoms with E-state index < -0.39 is 0 Å². The lowest BCUT2D eigenvalue weighted by molar-refractivity contribution is -0.128. The zero-order chi connectivity index (χ0) is 11.4. The van der Waals surface area contributed by atoms with Crippen LogP contribution in [-0.2, 0) is 11.3 Å². The lowest BCUT2D eigenvalue weighted by Gasteiger charge is -2.09. The van der Waals surface area contributed by atoms with Gasteiger partial charge in [0.2, 0.25) is 5.91 Å². The van der Waals surface area contributed by atoms with Gasteiger partial charge in [0.1, 0.15) is 9.21 Å². The van der Waals surface area contributed by atoms with E-state index in [1.54, 1.807) is 19.0 Å². The molecule has 0 aliphatic rings. The number of aromatic nitrogens is 2. The van der Waals surface area contributed by atoms with E-state index in [9.17, 15) is 4.79 Å². The van der Waals surface area contributed by atoms with Crippen molar-refractivity contribution in [3.63, 3.8) is 0 Å². The van der Waals surface area contributed by atoms with Gasteiger partial charge in [-0.05, 0) is 38.3 Å². The zero-order valence-electron chi connectivity index (χ0n) is 8.70. The first-order valence-electron chi connectivity index (χ1n) is 4.59. The van der Waals surface area contributed by atoms with E-state index in [1.807, 2.05) is 10.7 Å². The lowest BCUT2D eigenvalue weighted by atomic mass is 10.3. The second-order valence-corrected chi connectivity index (χ2v) is 5.03. The van der Waals surface area contributed by atoms with Gasteiger partial charge in [0.25, 0.3) is 0 Å². The first kappa shape index (κ1) is 12.7. The van der Waals surface area contributed by atoms with Crippen LogP contribution in [0.4, 0.5) is 0 Å². The van der Waals surface area contributed by atoms with Crippen LogP contribution in [0, 0.1) is 0 Å². The standard InChI is InChI=1S/C9H13Br2N3O/c1-13(2)9(15)4-3-5-14-8(11)6-7(10)12-14/h6H,3-5H2,1-2H3. The number of nitrogens with zero attached hydrogens (tertiary/aromatic N) is 3. The summed E-state index contributed by atoms with van der Waals surface area (Å²) in [5.41, 5.74) is 0. The van der Waals surface area contributed by atoms with Gasteiger partial charge in [0.15, 0.2) is 0 Å². The third-order valence-electron chi connectivity index (χ3n) is 1.96. The first-order valence-corrected chi connectivity index (χ1v) is 6.18. The Hall–Kier alpha value is -0.360. The van der Waals surface area contributed by atoms with Gasteiger partial charge in [-0.3, -0.25) is 9.48 Å². The van der Waals surface area contributed by atoms with Crippen molar-refractivity contribution in [3.05, 3.63) is 15.3 Å². The zero-order valence-corrected chi connectivity index (χ0v) is 11.9. The quantitative estimate of drug-likeness (QED) is 0.844. The molecule has 1 aromatic rings. The van der Waals surface area contributed by atoms with E-state index in [0.29, 0.717) is 6.42 Å². The average Bonchev–Trinajstić information content (AvgIpc) is 2.45. The van der Waals surface area contributed by atoms with Crippen LogP contribution in [0.15, 0.2) is 15.3 Å². The molecule has 0 N–H and O–H groups in total. The Morgan fingerprint density at radius 2 is 2.20 bits per heavy atom. The summed E-state index contributed by atoms with van der Waals surface area (Å²) in [4.78, 5) is 12.9. The summed E-state index contributed by atoms with van der Waals surface area (Å²) in [6.07, 6.45) is 1.35. The maximum absolute atomic E-state index is 11.3. The first-order chi connectivity index (χ1) is 7.00. The van der Waals surface area contributed by atoms with Crippen molar-refractivity contribution in [1.29, 1.82) is 0 Å². The van der Waals surface area contributed by atoms with Crippen LogP contribution < -0.4 is 0 Å². The van der Waals surface area contributed by atoms with E-state index in [0.717, 1.165) is 22.2 Å². The minimum atomic E-state index is 0.150. The molecule has 0 aliphatic heterocycles. The number of amides is 1. The number of aryl methyl sites for hydroxylation is 1. The molecule has 84 valence electrons. The minimum Gasteiger partial charge on any atom is -0.349 e. The SMILES string of the molecule is CN(C)C(=O)CCCn1nc(Br)cc1Br. The molecule has 1 aromatic heterocycles. The summed E-state index contributed by atoms with van der Waals surface area (Å²) < 4.78 is 3.55. The van der Waals surface area contributed by atoms with Gasteiger partial charge in [-0.2, -0.15) is 5.10 Å². The fraction of sp³-hybridized carbons (Fsp3) is 0.556. The molecule has 0 aliphatic carbocycles. The van der Waals surface area contributed by atoms with Gasteiger partial charge in [-0.15, -0.1) is 0 Å². The predicted molar refractivity (Wildman–Crippen MR) is 65.6 cm³/mol. The highest BCUT2D eigenvalue weighted by molar-refractivity contribution is 9.11. The normalized spacial score (nSPS) is 10.4. The number of carbonyl (C=O) groups is 1. The number of hydrogen-bond donors (Lipinski definition) is 0. The molecule has 0 saturated carbocycles. The molecule has 0 spiro atoms. The van der Waals surface area contributed by atoms with Crippen LogP contribution in [0.2, 0.25) is 0 Å².